The predicted octanol–water partition coefficient (Wildman–Crippen LogP) is 0.316. The minimum absolute atomic E-state index is 0.0161. The molecule has 0 fully saturated rings. The molecule has 1 aromatic rings. The van der Waals surface area contributed by atoms with Gasteiger partial charge in [-0.2, -0.15) is 15.0 Å². The second kappa shape index (κ2) is 7.22. The Labute approximate surface area is 122 Å². The van der Waals surface area contributed by atoms with Crippen LogP contribution in [-0.2, 0) is 0 Å². The van der Waals surface area contributed by atoms with Gasteiger partial charge in [-0.3, -0.25) is 5.32 Å². The van der Waals surface area contributed by atoms with Gasteiger partial charge in [-0.1, -0.05) is 5.16 Å². The lowest BCUT2D eigenvalue weighted by atomic mass is 10.4. The van der Waals surface area contributed by atoms with Crippen molar-refractivity contribution in [3.05, 3.63) is 5.82 Å². The second-order valence-electron chi connectivity index (χ2n) is 4.84. The fourth-order valence-corrected chi connectivity index (χ4v) is 1.37. The topological polar surface area (TPSA) is 150 Å². The average Bonchev–Trinajstić information content (AvgIpc) is 2.33. The number of amidine groups is 1. The average molecular weight is 296 g/mol. The molecule has 0 atom stereocenters. The fourth-order valence-electron chi connectivity index (χ4n) is 1.37. The molecule has 0 radical (unpaired) electrons. The van der Waals surface area contributed by atoms with Crippen molar-refractivity contribution in [2.75, 3.05) is 10.6 Å². The summed E-state index contributed by atoms with van der Waals surface area (Å²) in [5.41, 5.74) is 5.00. The van der Waals surface area contributed by atoms with E-state index >= 15 is 0 Å². The molecule has 10 nitrogen and oxygen atoms in total. The minimum atomic E-state index is -0.889. The summed E-state index contributed by atoms with van der Waals surface area (Å²) in [7, 11) is 0. The van der Waals surface area contributed by atoms with Crippen LogP contribution in [0.3, 0.4) is 0 Å². The number of carbonyl (C=O) groups is 1. The maximum atomic E-state index is 10.9. The molecule has 0 aromatic carbocycles. The SMILES string of the molecule is CC(C)Nc1nc(NC(C)C)nc(/C(=N/O)NC(N)=O)n1. The highest BCUT2D eigenvalue weighted by atomic mass is 16.4. The summed E-state index contributed by atoms with van der Waals surface area (Å²) in [5, 5.41) is 20.0. The monoisotopic (exact) mass is 296 g/mol. The minimum Gasteiger partial charge on any atom is -0.409 e. The summed E-state index contributed by atoms with van der Waals surface area (Å²) in [6.45, 7) is 7.67. The van der Waals surface area contributed by atoms with Crippen LogP contribution < -0.4 is 21.7 Å². The van der Waals surface area contributed by atoms with Crippen LogP contribution in [0.25, 0.3) is 0 Å². The van der Waals surface area contributed by atoms with Crippen molar-refractivity contribution >= 4 is 23.8 Å². The molecule has 0 aliphatic heterocycles. The molecule has 1 aromatic heterocycles. The summed E-state index contributed by atoms with van der Waals surface area (Å²) < 4.78 is 0. The van der Waals surface area contributed by atoms with Crippen molar-refractivity contribution in [1.82, 2.24) is 20.3 Å². The number of hydrogen-bond acceptors (Lipinski definition) is 8. The molecule has 1 rings (SSSR count). The van der Waals surface area contributed by atoms with Gasteiger partial charge in [0, 0.05) is 12.1 Å². The Hall–Kier alpha value is -2.65. The molecule has 6 N–H and O–H groups in total. The summed E-state index contributed by atoms with van der Waals surface area (Å²) >= 11 is 0. The van der Waals surface area contributed by atoms with Gasteiger partial charge in [0.1, 0.15) is 0 Å². The molecule has 0 aliphatic carbocycles. The number of carbonyl (C=O) groups excluding carboxylic acids is 1. The largest absolute Gasteiger partial charge is 0.409 e. The van der Waals surface area contributed by atoms with Crippen molar-refractivity contribution in [2.24, 2.45) is 10.9 Å². The molecule has 0 spiro atoms. The Morgan fingerprint density at radius 2 is 1.57 bits per heavy atom. The van der Waals surface area contributed by atoms with Crippen molar-refractivity contribution < 1.29 is 10.0 Å². The van der Waals surface area contributed by atoms with Gasteiger partial charge >= 0.3 is 6.03 Å². The third-order valence-electron chi connectivity index (χ3n) is 2.02. The molecule has 116 valence electrons. The number of rotatable bonds is 5. The second-order valence-corrected chi connectivity index (χ2v) is 4.84. The number of nitrogens with one attached hydrogen (secondary N) is 3. The normalized spacial score (nSPS) is 11.6. The number of hydrogen-bond donors (Lipinski definition) is 5. The van der Waals surface area contributed by atoms with Gasteiger partial charge in [-0.25, -0.2) is 4.79 Å². The van der Waals surface area contributed by atoms with Gasteiger partial charge in [-0.05, 0) is 27.7 Å². The summed E-state index contributed by atoms with van der Waals surface area (Å²) in [4.78, 5) is 23.2. The van der Waals surface area contributed by atoms with Crippen LogP contribution in [0.1, 0.15) is 33.5 Å². The van der Waals surface area contributed by atoms with E-state index in [1.54, 1.807) is 0 Å². The molecule has 21 heavy (non-hydrogen) atoms. The van der Waals surface area contributed by atoms with Crippen LogP contribution in [0.15, 0.2) is 5.16 Å². The van der Waals surface area contributed by atoms with E-state index < -0.39 is 6.03 Å². The Balaban J connectivity index is 3.19. The lowest BCUT2D eigenvalue weighted by molar-refractivity contribution is 0.252. The first-order valence-corrected chi connectivity index (χ1v) is 6.39. The molecule has 0 bridgehead atoms. The van der Waals surface area contributed by atoms with Gasteiger partial charge in [0.2, 0.25) is 23.6 Å². The standard InChI is InChI=1S/C11H20N8O2/c1-5(2)13-10-16-7(8(19-21)15-9(12)20)17-11(18-10)14-6(3)4/h5-6,21H,1-4H3,(H3,12,15,19,20)(H2,13,14,16,17,18). The van der Waals surface area contributed by atoms with Crippen LogP contribution in [0.2, 0.25) is 0 Å². The van der Waals surface area contributed by atoms with Gasteiger partial charge in [-0.15, -0.1) is 0 Å². The zero-order valence-corrected chi connectivity index (χ0v) is 12.4. The molecular formula is C11H20N8O2. The summed E-state index contributed by atoms with van der Waals surface area (Å²) in [6, 6.07) is -0.712. The number of nitrogens with zero attached hydrogens (tertiary/aromatic N) is 4. The lowest BCUT2D eigenvalue weighted by Crippen LogP contribution is -2.37. The Morgan fingerprint density at radius 3 is 1.90 bits per heavy atom. The smallest absolute Gasteiger partial charge is 0.317 e. The molecule has 10 heteroatoms. The van der Waals surface area contributed by atoms with Crippen molar-refractivity contribution in [3.8, 4) is 0 Å². The molecular weight excluding hydrogens is 276 g/mol. The van der Waals surface area contributed by atoms with Crippen molar-refractivity contribution in [3.63, 3.8) is 0 Å². The van der Waals surface area contributed by atoms with E-state index in [-0.39, 0.29) is 35.6 Å². The van der Waals surface area contributed by atoms with E-state index in [4.69, 9.17) is 10.9 Å². The molecule has 1 heterocycles. The molecule has 2 amide bonds. The van der Waals surface area contributed by atoms with Crippen LogP contribution in [-0.4, -0.2) is 44.1 Å². The van der Waals surface area contributed by atoms with E-state index in [0.717, 1.165) is 0 Å². The van der Waals surface area contributed by atoms with Crippen LogP contribution in [0, 0.1) is 0 Å². The first kappa shape index (κ1) is 16.4. The molecule has 0 saturated heterocycles. The van der Waals surface area contributed by atoms with Gasteiger partial charge in [0.05, 0.1) is 0 Å². The molecule has 0 aliphatic rings. The predicted molar refractivity (Wildman–Crippen MR) is 78.4 cm³/mol. The number of anilines is 2. The fraction of sp³-hybridized carbons (Fsp3) is 0.545. The van der Waals surface area contributed by atoms with Crippen molar-refractivity contribution in [1.29, 1.82) is 0 Å². The Morgan fingerprint density at radius 1 is 1.10 bits per heavy atom. The third-order valence-corrected chi connectivity index (χ3v) is 2.02. The Kier molecular flexibility index (Phi) is 5.64. The van der Waals surface area contributed by atoms with Crippen molar-refractivity contribution in [2.45, 2.75) is 39.8 Å². The maximum absolute atomic E-state index is 10.9. The quantitative estimate of drug-likeness (QED) is 0.227. The van der Waals surface area contributed by atoms with Gasteiger partial charge in [0.15, 0.2) is 0 Å². The van der Waals surface area contributed by atoms with E-state index in [9.17, 15) is 4.79 Å². The van der Waals surface area contributed by atoms with Gasteiger partial charge in [0.25, 0.3) is 0 Å². The number of amides is 2. The zero-order valence-electron chi connectivity index (χ0n) is 12.4. The summed E-state index contributed by atoms with van der Waals surface area (Å²) in [5.74, 6) is 0.289. The lowest BCUT2D eigenvalue weighted by Gasteiger charge is -2.13. The highest BCUT2D eigenvalue weighted by Gasteiger charge is 2.15. The van der Waals surface area contributed by atoms with Crippen LogP contribution >= 0.6 is 0 Å². The van der Waals surface area contributed by atoms with Gasteiger partial charge < -0.3 is 21.6 Å². The van der Waals surface area contributed by atoms with E-state index in [0.29, 0.717) is 0 Å². The third kappa shape index (κ3) is 5.47. The number of aromatic nitrogens is 3. The van der Waals surface area contributed by atoms with Crippen LogP contribution in [0.4, 0.5) is 16.7 Å². The number of oxime groups is 1. The first-order chi connectivity index (χ1) is 9.81. The van der Waals surface area contributed by atoms with E-state index in [1.165, 1.54) is 0 Å². The summed E-state index contributed by atoms with van der Waals surface area (Å²) in [6.07, 6.45) is 0. The number of primary amides is 1. The highest BCUT2D eigenvalue weighted by molar-refractivity contribution is 6.04. The first-order valence-electron chi connectivity index (χ1n) is 6.39. The molecule has 0 unspecified atom stereocenters. The van der Waals surface area contributed by atoms with E-state index in [2.05, 4.69) is 36.1 Å². The zero-order chi connectivity index (χ0) is 16.0. The van der Waals surface area contributed by atoms with Crippen LogP contribution in [0.5, 0.6) is 0 Å². The number of urea groups is 1. The molecule has 0 saturated carbocycles. The highest BCUT2D eigenvalue weighted by Crippen LogP contribution is 2.08. The maximum Gasteiger partial charge on any atom is 0.317 e. The van der Waals surface area contributed by atoms with E-state index in [1.807, 2.05) is 27.7 Å². The number of nitrogens with two attached hydrogens (primary N) is 1. The Bertz CT molecular complexity index is 501.